The lowest BCUT2D eigenvalue weighted by Gasteiger charge is -2.35. The molecule has 7 nitrogen and oxygen atoms in total. The zero-order chi connectivity index (χ0) is 17.7. The van der Waals surface area contributed by atoms with Gasteiger partial charge in [-0.2, -0.15) is 13.2 Å². The first kappa shape index (κ1) is 21.1. The van der Waals surface area contributed by atoms with Crippen molar-refractivity contribution in [3.8, 4) is 0 Å². The van der Waals surface area contributed by atoms with E-state index in [2.05, 4.69) is 15.6 Å². The summed E-state index contributed by atoms with van der Waals surface area (Å²) in [6, 6.07) is 0.776. The molecule has 0 spiro atoms. The lowest BCUT2D eigenvalue weighted by atomic mass is 10.2. The Morgan fingerprint density at radius 3 is 2.44 bits per heavy atom. The van der Waals surface area contributed by atoms with Gasteiger partial charge < -0.3 is 16.4 Å². The number of alkyl halides is 3. The van der Waals surface area contributed by atoms with Crippen molar-refractivity contribution in [1.82, 2.24) is 20.5 Å². The number of carbonyl (C=O) groups excluding carboxylic acids is 2. The number of amides is 2. The number of nitrogens with two attached hydrogens (primary N) is 1. The number of hydrogen-bond donors (Lipinski definition) is 3. The maximum absolute atomic E-state index is 13.2. The Morgan fingerprint density at radius 2 is 1.96 bits per heavy atom. The summed E-state index contributed by atoms with van der Waals surface area (Å²) in [5.41, 5.74) is 5.08. The Morgan fingerprint density at radius 1 is 1.32 bits per heavy atom. The summed E-state index contributed by atoms with van der Waals surface area (Å²) in [6.45, 7) is 0.881. The maximum atomic E-state index is 13.2. The number of nitrogens with zero attached hydrogens (tertiary/aromatic N) is 2. The molecule has 140 valence electrons. The molecule has 0 aliphatic carbocycles. The highest BCUT2D eigenvalue weighted by Gasteiger charge is 2.43. The second-order valence-corrected chi connectivity index (χ2v) is 5.35. The van der Waals surface area contributed by atoms with Gasteiger partial charge in [0.1, 0.15) is 11.7 Å². The summed E-state index contributed by atoms with van der Waals surface area (Å²) in [6.07, 6.45) is -3.34. The van der Waals surface area contributed by atoms with Crippen LogP contribution in [0.3, 0.4) is 0 Å². The Hall–Kier alpha value is -1.91. The number of nitrogens with one attached hydrogen (secondary N) is 2. The number of pyridine rings is 1. The van der Waals surface area contributed by atoms with E-state index in [4.69, 9.17) is 5.73 Å². The molecule has 11 heteroatoms. The molecule has 1 aliphatic heterocycles. The van der Waals surface area contributed by atoms with Crippen molar-refractivity contribution in [2.45, 2.75) is 12.2 Å². The SMILES string of the molecule is Cl.NC(=O)c1ccc(C(=O)NCC(N2CCNCC2)C(F)(F)F)nc1. The van der Waals surface area contributed by atoms with Gasteiger partial charge in [-0.05, 0) is 12.1 Å². The summed E-state index contributed by atoms with van der Waals surface area (Å²) < 4.78 is 39.7. The van der Waals surface area contributed by atoms with Gasteiger partial charge in [0.2, 0.25) is 5.91 Å². The number of primary amides is 1. The minimum atomic E-state index is -4.45. The zero-order valence-corrected chi connectivity index (χ0v) is 14.0. The van der Waals surface area contributed by atoms with E-state index in [9.17, 15) is 22.8 Å². The van der Waals surface area contributed by atoms with Gasteiger partial charge in [-0.1, -0.05) is 0 Å². The third kappa shape index (κ3) is 5.83. The molecular formula is C14H19ClF3N5O2. The average molecular weight is 382 g/mol. The van der Waals surface area contributed by atoms with Crippen molar-refractivity contribution >= 4 is 24.2 Å². The maximum Gasteiger partial charge on any atom is 0.405 e. The van der Waals surface area contributed by atoms with Crippen LogP contribution in [-0.4, -0.2) is 66.6 Å². The quantitative estimate of drug-likeness (QED) is 0.675. The highest BCUT2D eigenvalue weighted by Crippen LogP contribution is 2.24. The molecule has 25 heavy (non-hydrogen) atoms. The lowest BCUT2D eigenvalue weighted by molar-refractivity contribution is -0.183. The van der Waals surface area contributed by atoms with E-state index in [1.165, 1.54) is 17.0 Å². The Bertz CT molecular complexity index is 591. The van der Waals surface area contributed by atoms with Crippen LogP contribution >= 0.6 is 12.4 Å². The fraction of sp³-hybridized carbons (Fsp3) is 0.500. The minimum absolute atomic E-state index is 0. The van der Waals surface area contributed by atoms with Crippen LogP contribution in [0, 0.1) is 0 Å². The highest BCUT2D eigenvalue weighted by molar-refractivity contribution is 5.95. The van der Waals surface area contributed by atoms with Crippen molar-refractivity contribution in [2.24, 2.45) is 5.73 Å². The number of carbonyl (C=O) groups is 2. The van der Waals surface area contributed by atoms with Gasteiger partial charge in [0.15, 0.2) is 0 Å². The van der Waals surface area contributed by atoms with Gasteiger partial charge in [0.25, 0.3) is 5.91 Å². The minimum Gasteiger partial charge on any atom is -0.366 e. The van der Waals surface area contributed by atoms with Crippen LogP contribution in [0.25, 0.3) is 0 Å². The van der Waals surface area contributed by atoms with E-state index in [1.54, 1.807) is 0 Å². The molecule has 0 saturated carbocycles. The standard InChI is InChI=1S/C14H18F3N5O2.ClH/c15-14(16,17)11(22-5-3-19-4-6-22)8-21-13(24)10-2-1-9(7-20-10)12(18)23;/h1-2,7,11,19H,3-6,8H2,(H2,18,23)(H,21,24);1H. The van der Waals surface area contributed by atoms with E-state index in [-0.39, 0.29) is 36.8 Å². The summed E-state index contributed by atoms with van der Waals surface area (Å²) in [5.74, 6) is -1.44. The predicted molar refractivity (Wildman–Crippen MR) is 86.6 cm³/mol. The Labute approximate surface area is 148 Å². The van der Waals surface area contributed by atoms with Crippen molar-refractivity contribution in [3.63, 3.8) is 0 Å². The van der Waals surface area contributed by atoms with Crippen LogP contribution in [0.15, 0.2) is 18.3 Å². The number of piperazine rings is 1. The van der Waals surface area contributed by atoms with Crippen LogP contribution in [-0.2, 0) is 0 Å². The second kappa shape index (κ2) is 8.97. The van der Waals surface area contributed by atoms with Crippen LogP contribution in [0.4, 0.5) is 13.2 Å². The molecule has 2 amide bonds. The number of hydrogen-bond acceptors (Lipinski definition) is 5. The highest BCUT2D eigenvalue weighted by atomic mass is 35.5. The van der Waals surface area contributed by atoms with E-state index < -0.39 is 30.6 Å². The van der Waals surface area contributed by atoms with E-state index in [0.29, 0.717) is 13.1 Å². The summed E-state index contributed by atoms with van der Waals surface area (Å²) >= 11 is 0. The van der Waals surface area contributed by atoms with Gasteiger partial charge >= 0.3 is 6.18 Å². The molecule has 1 saturated heterocycles. The van der Waals surface area contributed by atoms with E-state index >= 15 is 0 Å². The molecule has 1 fully saturated rings. The lowest BCUT2D eigenvalue weighted by Crippen LogP contribution is -2.57. The number of halogens is 4. The van der Waals surface area contributed by atoms with Crippen LogP contribution in [0.2, 0.25) is 0 Å². The number of aromatic nitrogens is 1. The van der Waals surface area contributed by atoms with Gasteiger partial charge in [0.05, 0.1) is 5.56 Å². The largest absolute Gasteiger partial charge is 0.405 e. The molecule has 2 rings (SSSR count). The van der Waals surface area contributed by atoms with Crippen LogP contribution in [0.5, 0.6) is 0 Å². The second-order valence-electron chi connectivity index (χ2n) is 5.35. The molecule has 2 heterocycles. The molecule has 0 radical (unpaired) electrons. The molecule has 1 unspecified atom stereocenters. The van der Waals surface area contributed by atoms with Gasteiger partial charge in [-0.3, -0.25) is 19.5 Å². The van der Waals surface area contributed by atoms with E-state index in [0.717, 1.165) is 6.20 Å². The molecule has 1 aromatic rings. The molecule has 0 aromatic carbocycles. The van der Waals surface area contributed by atoms with Crippen LogP contribution < -0.4 is 16.4 Å². The zero-order valence-electron chi connectivity index (χ0n) is 13.2. The van der Waals surface area contributed by atoms with Gasteiger partial charge in [-0.15, -0.1) is 12.4 Å². The Kier molecular flexibility index (Phi) is 7.59. The molecular weight excluding hydrogens is 363 g/mol. The fourth-order valence-electron chi connectivity index (χ4n) is 2.40. The first-order chi connectivity index (χ1) is 11.3. The number of rotatable bonds is 5. The van der Waals surface area contributed by atoms with Gasteiger partial charge in [0, 0.05) is 38.9 Å². The molecule has 1 aliphatic rings. The third-order valence-electron chi connectivity index (χ3n) is 3.71. The smallest absolute Gasteiger partial charge is 0.366 e. The monoisotopic (exact) mass is 381 g/mol. The Balaban J connectivity index is 0.00000312. The van der Waals surface area contributed by atoms with Crippen molar-refractivity contribution in [2.75, 3.05) is 32.7 Å². The van der Waals surface area contributed by atoms with Crippen molar-refractivity contribution < 1.29 is 22.8 Å². The van der Waals surface area contributed by atoms with Crippen molar-refractivity contribution in [1.29, 1.82) is 0 Å². The van der Waals surface area contributed by atoms with Crippen LogP contribution in [0.1, 0.15) is 20.8 Å². The predicted octanol–water partition coefficient (Wildman–Crippen LogP) is 0.168. The summed E-state index contributed by atoms with van der Waals surface area (Å²) in [4.78, 5) is 27.9. The topological polar surface area (TPSA) is 100 Å². The molecule has 1 aromatic heterocycles. The first-order valence-corrected chi connectivity index (χ1v) is 7.34. The first-order valence-electron chi connectivity index (χ1n) is 7.34. The van der Waals surface area contributed by atoms with E-state index in [1.807, 2.05) is 0 Å². The molecule has 1 atom stereocenters. The summed E-state index contributed by atoms with van der Waals surface area (Å²) in [7, 11) is 0. The normalized spacial score (nSPS) is 16.6. The molecule has 4 N–H and O–H groups in total. The fourth-order valence-corrected chi connectivity index (χ4v) is 2.40. The molecule has 0 bridgehead atoms. The van der Waals surface area contributed by atoms with Crippen molar-refractivity contribution in [3.05, 3.63) is 29.6 Å². The average Bonchev–Trinajstić information content (AvgIpc) is 2.54. The third-order valence-corrected chi connectivity index (χ3v) is 3.71. The summed E-state index contributed by atoms with van der Waals surface area (Å²) in [5, 5.41) is 5.23. The van der Waals surface area contributed by atoms with Gasteiger partial charge in [-0.25, -0.2) is 0 Å².